The molecule has 0 aromatic rings. The van der Waals surface area contributed by atoms with Crippen molar-refractivity contribution in [1.29, 1.82) is 5.26 Å². The van der Waals surface area contributed by atoms with Crippen molar-refractivity contribution >= 4 is 11.9 Å². The molecule has 5 aliphatic rings. The molecule has 0 aromatic heterocycles. The van der Waals surface area contributed by atoms with Crippen LogP contribution in [-0.2, 0) is 14.3 Å². The van der Waals surface area contributed by atoms with Crippen molar-refractivity contribution in [2.45, 2.75) is 81.8 Å². The molecule has 0 aromatic carbocycles. The summed E-state index contributed by atoms with van der Waals surface area (Å²) in [5.41, 5.74) is -2.15. The van der Waals surface area contributed by atoms with Crippen LogP contribution in [0.25, 0.3) is 0 Å². The maximum Gasteiger partial charge on any atom is 0.312 e. The first-order valence-corrected chi connectivity index (χ1v) is 9.98. The van der Waals surface area contributed by atoms with Crippen LogP contribution in [0.5, 0.6) is 0 Å². The Morgan fingerprint density at radius 2 is 1.77 bits per heavy atom. The molecule has 5 aliphatic carbocycles. The van der Waals surface area contributed by atoms with Gasteiger partial charge in [0, 0.05) is 0 Å². The minimum Gasteiger partial charge on any atom is -0.455 e. The third kappa shape index (κ3) is 3.11. The molecule has 142 valence electrons. The Kier molecular flexibility index (Phi) is 4.26. The summed E-state index contributed by atoms with van der Waals surface area (Å²) in [7, 11) is 0. The second kappa shape index (κ2) is 6.23. The Morgan fingerprint density at radius 1 is 1.12 bits per heavy atom. The monoisotopic (exact) mass is 360 g/mol. The molecule has 0 aliphatic heterocycles. The highest BCUT2D eigenvalue weighted by Crippen LogP contribution is 2.61. The van der Waals surface area contributed by atoms with Gasteiger partial charge in [-0.05, 0) is 63.2 Å². The van der Waals surface area contributed by atoms with E-state index in [1.54, 1.807) is 0 Å². The molecule has 6 heteroatoms. The lowest BCUT2D eigenvalue weighted by Crippen LogP contribution is -2.58. The molecular weight excluding hydrogens is 332 g/mol. The molecule has 4 bridgehead atoms. The van der Waals surface area contributed by atoms with Gasteiger partial charge in [-0.25, -0.2) is 0 Å². The van der Waals surface area contributed by atoms with E-state index < -0.39 is 22.5 Å². The van der Waals surface area contributed by atoms with Gasteiger partial charge >= 0.3 is 5.97 Å². The number of nitrogens with one attached hydrogen (secondary N) is 1. The summed E-state index contributed by atoms with van der Waals surface area (Å²) in [6.07, 6.45) is 8.96. The van der Waals surface area contributed by atoms with E-state index in [4.69, 9.17) is 4.74 Å². The van der Waals surface area contributed by atoms with Crippen molar-refractivity contribution in [3.05, 3.63) is 0 Å². The van der Waals surface area contributed by atoms with Gasteiger partial charge in [-0.3, -0.25) is 9.59 Å². The van der Waals surface area contributed by atoms with Crippen molar-refractivity contribution in [1.82, 2.24) is 5.32 Å². The Labute approximate surface area is 154 Å². The molecule has 2 atom stereocenters. The van der Waals surface area contributed by atoms with Crippen LogP contribution in [-0.4, -0.2) is 34.7 Å². The van der Waals surface area contributed by atoms with Crippen molar-refractivity contribution in [2.24, 2.45) is 17.3 Å². The largest absolute Gasteiger partial charge is 0.455 e. The first kappa shape index (κ1) is 17.8. The predicted molar refractivity (Wildman–Crippen MR) is 92.6 cm³/mol. The van der Waals surface area contributed by atoms with Crippen LogP contribution in [0.1, 0.15) is 70.6 Å². The van der Waals surface area contributed by atoms with Gasteiger partial charge < -0.3 is 15.2 Å². The average molecular weight is 360 g/mol. The molecule has 0 spiro atoms. The van der Waals surface area contributed by atoms with Gasteiger partial charge in [0.1, 0.15) is 5.54 Å². The zero-order valence-electron chi connectivity index (χ0n) is 15.3. The standard InChI is InChI=1S/C20H28N2O4/c21-13-19(4-2-1-3-5-19)22-16(23)11-26-17(24)18-7-14-6-15(8-18)10-20(25,9-14)12-18/h14-15,25H,1-12H2,(H,22,23)/t14-,15-,18?,20?/m0/s1. The molecule has 2 N–H and O–H groups in total. The first-order chi connectivity index (χ1) is 12.4. The van der Waals surface area contributed by atoms with E-state index in [0.29, 0.717) is 31.1 Å². The number of carbonyl (C=O) groups is 2. The smallest absolute Gasteiger partial charge is 0.312 e. The summed E-state index contributed by atoms with van der Waals surface area (Å²) in [5.74, 6) is 0.0542. The van der Waals surface area contributed by atoms with Crippen LogP contribution in [0.4, 0.5) is 0 Å². The van der Waals surface area contributed by atoms with Crippen molar-refractivity contribution in [2.75, 3.05) is 6.61 Å². The fraction of sp³-hybridized carbons (Fsp3) is 0.850. The third-order valence-electron chi connectivity index (χ3n) is 7.10. The van der Waals surface area contributed by atoms with Gasteiger partial charge in [0.2, 0.25) is 0 Å². The summed E-state index contributed by atoms with van der Waals surface area (Å²) in [6, 6.07) is 2.24. The highest BCUT2D eigenvalue weighted by molar-refractivity contribution is 5.84. The topological polar surface area (TPSA) is 99.4 Å². The van der Waals surface area contributed by atoms with Crippen molar-refractivity contribution in [3.8, 4) is 6.07 Å². The van der Waals surface area contributed by atoms with Gasteiger partial charge in [-0.2, -0.15) is 5.26 Å². The molecule has 1 amide bonds. The fourth-order valence-corrected chi connectivity index (χ4v) is 6.46. The minimum absolute atomic E-state index is 0.336. The molecule has 0 unspecified atom stereocenters. The lowest BCUT2D eigenvalue weighted by molar-refractivity contribution is -0.196. The van der Waals surface area contributed by atoms with Crippen LogP contribution in [0.2, 0.25) is 0 Å². The zero-order chi connectivity index (χ0) is 18.4. The molecule has 26 heavy (non-hydrogen) atoms. The van der Waals surface area contributed by atoms with E-state index in [-0.39, 0.29) is 12.6 Å². The molecule has 5 fully saturated rings. The van der Waals surface area contributed by atoms with Crippen LogP contribution < -0.4 is 5.32 Å². The van der Waals surface area contributed by atoms with Gasteiger partial charge in [0.25, 0.3) is 5.91 Å². The Hall–Kier alpha value is -1.61. The highest BCUT2D eigenvalue weighted by Gasteiger charge is 2.61. The van der Waals surface area contributed by atoms with E-state index in [9.17, 15) is 20.0 Å². The second-order valence-electron chi connectivity index (χ2n) is 9.34. The normalized spacial score (nSPS) is 39.8. The number of amides is 1. The molecule has 0 radical (unpaired) electrons. The predicted octanol–water partition coefficient (Wildman–Crippen LogP) is 2.20. The number of nitriles is 1. The van der Waals surface area contributed by atoms with Gasteiger partial charge in [-0.1, -0.05) is 19.3 Å². The van der Waals surface area contributed by atoms with Crippen LogP contribution >= 0.6 is 0 Å². The zero-order valence-corrected chi connectivity index (χ0v) is 15.3. The fourth-order valence-electron chi connectivity index (χ4n) is 6.46. The Bertz CT molecular complexity index is 633. The minimum atomic E-state index is -0.808. The highest BCUT2D eigenvalue weighted by atomic mass is 16.5. The quantitative estimate of drug-likeness (QED) is 0.749. The van der Waals surface area contributed by atoms with Gasteiger partial charge in [0.15, 0.2) is 6.61 Å². The number of ether oxygens (including phenoxy) is 1. The van der Waals surface area contributed by atoms with Crippen molar-refractivity contribution < 1.29 is 19.4 Å². The van der Waals surface area contributed by atoms with Crippen molar-refractivity contribution in [3.63, 3.8) is 0 Å². The Balaban J connectivity index is 1.35. The summed E-state index contributed by atoms with van der Waals surface area (Å²) < 4.78 is 5.39. The summed E-state index contributed by atoms with van der Waals surface area (Å²) in [4.78, 5) is 25.1. The lowest BCUT2D eigenvalue weighted by Gasteiger charge is -2.58. The summed E-state index contributed by atoms with van der Waals surface area (Å²) in [5, 5.41) is 23.0. The number of rotatable bonds is 4. The van der Waals surface area contributed by atoms with E-state index in [1.165, 1.54) is 0 Å². The van der Waals surface area contributed by atoms with E-state index in [1.807, 2.05) is 0 Å². The maximum absolute atomic E-state index is 12.8. The number of hydrogen-bond donors (Lipinski definition) is 2. The average Bonchev–Trinajstić information content (AvgIpc) is 2.58. The molecule has 0 saturated heterocycles. The summed E-state index contributed by atoms with van der Waals surface area (Å²) in [6.45, 7) is -0.336. The SMILES string of the molecule is N#CC1(NC(=O)COC(=O)C23C[C@@H]4C[C@H](CC(O)(C4)C2)C3)CCCCC1. The number of aliphatic hydroxyl groups is 1. The molecular formula is C20H28N2O4. The number of nitrogens with zero attached hydrogens (tertiary/aromatic N) is 1. The lowest BCUT2D eigenvalue weighted by atomic mass is 9.48. The van der Waals surface area contributed by atoms with Crippen LogP contribution in [0, 0.1) is 28.6 Å². The van der Waals surface area contributed by atoms with Crippen LogP contribution in [0.15, 0.2) is 0 Å². The molecule has 6 nitrogen and oxygen atoms in total. The van der Waals surface area contributed by atoms with Gasteiger partial charge in [0.05, 0.1) is 17.1 Å². The van der Waals surface area contributed by atoms with Crippen LogP contribution in [0.3, 0.4) is 0 Å². The summed E-state index contributed by atoms with van der Waals surface area (Å²) >= 11 is 0. The first-order valence-electron chi connectivity index (χ1n) is 9.98. The molecule has 0 heterocycles. The van der Waals surface area contributed by atoms with E-state index in [0.717, 1.165) is 51.4 Å². The van der Waals surface area contributed by atoms with E-state index >= 15 is 0 Å². The third-order valence-corrected chi connectivity index (χ3v) is 7.10. The second-order valence-corrected chi connectivity index (χ2v) is 9.34. The number of esters is 1. The number of carbonyl (C=O) groups excluding carboxylic acids is 2. The maximum atomic E-state index is 12.8. The Morgan fingerprint density at radius 3 is 2.35 bits per heavy atom. The molecule has 5 rings (SSSR count). The number of hydrogen-bond acceptors (Lipinski definition) is 5. The van der Waals surface area contributed by atoms with E-state index in [2.05, 4.69) is 11.4 Å². The molecule has 5 saturated carbocycles. The van der Waals surface area contributed by atoms with Gasteiger partial charge in [-0.15, -0.1) is 0 Å².